The Morgan fingerprint density at radius 2 is 1.69 bits per heavy atom. The van der Waals surface area contributed by atoms with Crippen LogP contribution < -0.4 is 0 Å². The Bertz CT molecular complexity index is 769. The first-order valence-electron chi connectivity index (χ1n) is 10.2. The normalized spacial score (nSPS) is 30.0. The van der Waals surface area contributed by atoms with Crippen molar-refractivity contribution >= 4 is 11.8 Å². The van der Waals surface area contributed by atoms with Gasteiger partial charge in [-0.3, -0.25) is 14.5 Å². The maximum absolute atomic E-state index is 13.8. The highest BCUT2D eigenvalue weighted by atomic mass is 19.1. The average Bonchev–Trinajstić information content (AvgIpc) is 3.08. The van der Waals surface area contributed by atoms with Crippen molar-refractivity contribution in [2.75, 3.05) is 32.9 Å². The first kappa shape index (κ1) is 20.2. The number of morpholine rings is 1. The Kier molecular flexibility index (Phi) is 5.57. The molecule has 2 aliphatic heterocycles. The Morgan fingerprint density at radius 1 is 1.07 bits per heavy atom. The second-order valence-corrected chi connectivity index (χ2v) is 8.23. The fourth-order valence-electron chi connectivity index (χ4n) is 4.58. The molecule has 158 valence electrons. The molecule has 0 aromatic heterocycles. The highest BCUT2D eigenvalue weighted by molar-refractivity contribution is 5.98. The van der Waals surface area contributed by atoms with E-state index in [1.807, 2.05) is 0 Å². The number of carbonyl (C=O) groups excluding carboxylic acids is 2. The molecule has 6 nitrogen and oxygen atoms in total. The van der Waals surface area contributed by atoms with E-state index in [-0.39, 0.29) is 18.1 Å². The lowest BCUT2D eigenvalue weighted by molar-refractivity contribution is -0.141. The molecule has 1 saturated carbocycles. The van der Waals surface area contributed by atoms with E-state index >= 15 is 0 Å². The van der Waals surface area contributed by atoms with Gasteiger partial charge in [0.2, 0.25) is 5.91 Å². The van der Waals surface area contributed by atoms with Gasteiger partial charge in [-0.15, -0.1) is 0 Å². The van der Waals surface area contributed by atoms with Crippen molar-refractivity contribution in [3.8, 4) is 0 Å². The van der Waals surface area contributed by atoms with Crippen LogP contribution in [0, 0.1) is 17.6 Å². The molecule has 1 atom stereocenters. The molecule has 1 aliphatic carbocycles. The fraction of sp³-hybridized carbons (Fsp3) is 0.619. The first-order valence-corrected chi connectivity index (χ1v) is 10.2. The zero-order chi connectivity index (χ0) is 20.6. The minimum atomic E-state index is -0.904. The number of ether oxygens (including phenoxy) is 2. The van der Waals surface area contributed by atoms with E-state index in [9.17, 15) is 18.4 Å². The van der Waals surface area contributed by atoms with Crippen LogP contribution in [-0.4, -0.2) is 66.3 Å². The van der Waals surface area contributed by atoms with Crippen LogP contribution in [0.15, 0.2) is 18.2 Å². The van der Waals surface area contributed by atoms with Gasteiger partial charge in [0.15, 0.2) is 0 Å². The monoisotopic (exact) mass is 408 g/mol. The van der Waals surface area contributed by atoms with Gasteiger partial charge in [-0.25, -0.2) is 8.78 Å². The molecule has 3 fully saturated rings. The Balaban J connectivity index is 1.67. The van der Waals surface area contributed by atoms with E-state index in [1.165, 1.54) is 4.90 Å². The summed E-state index contributed by atoms with van der Waals surface area (Å²) < 4.78 is 39.0. The molecule has 1 aromatic rings. The summed E-state index contributed by atoms with van der Waals surface area (Å²) >= 11 is 0. The largest absolute Gasteiger partial charge is 0.378 e. The summed E-state index contributed by atoms with van der Waals surface area (Å²) in [6.07, 6.45) is 2.93. The third-order valence-electron chi connectivity index (χ3n) is 6.25. The minimum absolute atomic E-state index is 0.0914. The quantitative estimate of drug-likeness (QED) is 0.755. The van der Waals surface area contributed by atoms with Gasteiger partial charge in [0.25, 0.3) is 5.91 Å². The highest BCUT2D eigenvalue weighted by Gasteiger charge is 2.54. The smallest absolute Gasteiger partial charge is 0.257 e. The lowest BCUT2D eigenvalue weighted by Gasteiger charge is -2.43. The molecule has 29 heavy (non-hydrogen) atoms. The number of carbonyl (C=O) groups is 2. The predicted octanol–water partition coefficient (Wildman–Crippen LogP) is 2.57. The lowest BCUT2D eigenvalue weighted by Crippen LogP contribution is -2.58. The molecular formula is C21H26F2N2O4. The van der Waals surface area contributed by atoms with E-state index in [0.29, 0.717) is 45.1 Å². The number of amides is 2. The van der Waals surface area contributed by atoms with Gasteiger partial charge in [-0.2, -0.15) is 0 Å². The maximum atomic E-state index is 13.8. The summed E-state index contributed by atoms with van der Waals surface area (Å²) in [5.41, 5.74) is -1.01. The van der Waals surface area contributed by atoms with Gasteiger partial charge in [0.1, 0.15) is 23.4 Å². The van der Waals surface area contributed by atoms with Crippen molar-refractivity contribution in [1.29, 1.82) is 0 Å². The Hall–Kier alpha value is -2.06. The Labute approximate surface area is 168 Å². The SMILES string of the molecule is CC1CCC2(CC1)OC[C@@H](C(=O)N1CCOCC1)N2C(=O)c1cc(F)cc(F)c1. The van der Waals surface area contributed by atoms with Crippen LogP contribution in [0.1, 0.15) is 43.0 Å². The summed E-state index contributed by atoms with van der Waals surface area (Å²) in [6, 6.07) is 1.95. The summed E-state index contributed by atoms with van der Waals surface area (Å²) in [4.78, 5) is 29.8. The van der Waals surface area contributed by atoms with Crippen LogP contribution in [0.5, 0.6) is 0 Å². The summed E-state index contributed by atoms with van der Waals surface area (Å²) in [5, 5.41) is 0. The molecule has 0 N–H and O–H groups in total. The molecule has 4 rings (SSSR count). The molecule has 3 aliphatic rings. The topological polar surface area (TPSA) is 59.1 Å². The zero-order valence-corrected chi connectivity index (χ0v) is 16.5. The van der Waals surface area contributed by atoms with Crippen molar-refractivity contribution in [3.63, 3.8) is 0 Å². The zero-order valence-electron chi connectivity index (χ0n) is 16.5. The first-order chi connectivity index (χ1) is 13.9. The third kappa shape index (κ3) is 3.88. The molecular weight excluding hydrogens is 382 g/mol. The molecule has 1 aromatic carbocycles. The van der Waals surface area contributed by atoms with Crippen molar-refractivity contribution in [1.82, 2.24) is 9.80 Å². The van der Waals surface area contributed by atoms with Crippen molar-refractivity contribution in [2.24, 2.45) is 5.92 Å². The molecule has 1 spiro atoms. The number of halogens is 2. The molecule has 8 heteroatoms. The molecule has 2 saturated heterocycles. The number of hydrogen-bond acceptors (Lipinski definition) is 4. The summed E-state index contributed by atoms with van der Waals surface area (Å²) in [6.45, 7) is 4.04. The fourth-order valence-corrected chi connectivity index (χ4v) is 4.58. The van der Waals surface area contributed by atoms with Gasteiger partial charge in [-0.05, 0) is 43.7 Å². The van der Waals surface area contributed by atoms with Crippen LogP contribution in [0.4, 0.5) is 8.78 Å². The average molecular weight is 408 g/mol. The molecule has 0 bridgehead atoms. The summed E-state index contributed by atoms with van der Waals surface area (Å²) in [7, 11) is 0. The van der Waals surface area contributed by atoms with Crippen molar-refractivity contribution in [3.05, 3.63) is 35.4 Å². The van der Waals surface area contributed by atoms with E-state index < -0.39 is 29.3 Å². The van der Waals surface area contributed by atoms with Crippen molar-refractivity contribution in [2.45, 2.75) is 44.4 Å². The predicted molar refractivity (Wildman–Crippen MR) is 100 cm³/mol. The Morgan fingerprint density at radius 3 is 2.31 bits per heavy atom. The molecule has 2 heterocycles. The number of rotatable bonds is 2. The van der Waals surface area contributed by atoms with Crippen LogP contribution in [0.25, 0.3) is 0 Å². The minimum Gasteiger partial charge on any atom is -0.378 e. The van der Waals surface area contributed by atoms with Crippen LogP contribution in [-0.2, 0) is 14.3 Å². The number of nitrogens with zero attached hydrogens (tertiary/aromatic N) is 2. The highest BCUT2D eigenvalue weighted by Crippen LogP contribution is 2.43. The summed E-state index contributed by atoms with van der Waals surface area (Å²) in [5.74, 6) is -1.91. The van der Waals surface area contributed by atoms with Gasteiger partial charge in [0.05, 0.1) is 19.8 Å². The van der Waals surface area contributed by atoms with E-state index in [2.05, 4.69) is 6.92 Å². The number of benzene rings is 1. The van der Waals surface area contributed by atoms with Gasteiger partial charge in [-0.1, -0.05) is 6.92 Å². The van der Waals surface area contributed by atoms with Crippen LogP contribution in [0.2, 0.25) is 0 Å². The van der Waals surface area contributed by atoms with Crippen molar-refractivity contribution < 1.29 is 27.8 Å². The molecule has 0 radical (unpaired) electrons. The molecule has 2 amide bonds. The molecule has 0 unspecified atom stereocenters. The van der Waals surface area contributed by atoms with Crippen LogP contribution >= 0.6 is 0 Å². The van der Waals surface area contributed by atoms with E-state index in [4.69, 9.17) is 9.47 Å². The van der Waals surface area contributed by atoms with Gasteiger partial charge in [0, 0.05) is 24.7 Å². The lowest BCUT2D eigenvalue weighted by atomic mass is 9.83. The second kappa shape index (κ2) is 7.99. The van der Waals surface area contributed by atoms with Crippen LogP contribution in [0.3, 0.4) is 0 Å². The van der Waals surface area contributed by atoms with Gasteiger partial charge < -0.3 is 14.4 Å². The second-order valence-electron chi connectivity index (χ2n) is 8.23. The van der Waals surface area contributed by atoms with E-state index in [1.54, 1.807) is 4.90 Å². The number of hydrogen-bond donors (Lipinski definition) is 0. The van der Waals surface area contributed by atoms with E-state index in [0.717, 1.165) is 31.0 Å². The maximum Gasteiger partial charge on any atom is 0.257 e. The third-order valence-corrected chi connectivity index (χ3v) is 6.25. The standard InChI is InChI=1S/C21H26F2N2O4/c1-14-2-4-21(5-3-14)25(19(26)15-10-16(22)12-17(23)11-15)18(13-29-21)20(27)24-6-8-28-9-7-24/h10-12,14,18H,2-9,13H2,1H3/t14?,18-,21?/m0/s1. The van der Waals surface area contributed by atoms with Gasteiger partial charge >= 0.3 is 0 Å².